The highest BCUT2D eigenvalue weighted by atomic mass is 14.9. The Labute approximate surface area is 95.0 Å². The quantitative estimate of drug-likeness (QED) is 0.607. The molecule has 1 rings (SSSR count). The van der Waals surface area contributed by atoms with Crippen LogP contribution < -0.4 is 11.1 Å². The van der Waals surface area contributed by atoms with Crippen molar-refractivity contribution in [1.29, 1.82) is 0 Å². The summed E-state index contributed by atoms with van der Waals surface area (Å²) in [6.07, 6.45) is 10.9. The molecular formula is C13H28N2. The first-order valence-corrected chi connectivity index (χ1v) is 6.80. The van der Waals surface area contributed by atoms with E-state index in [1.165, 1.54) is 57.9 Å². The molecule has 0 aromatic carbocycles. The largest absolute Gasteiger partial charge is 0.330 e. The first-order valence-electron chi connectivity index (χ1n) is 6.80. The van der Waals surface area contributed by atoms with Gasteiger partial charge in [-0.1, -0.05) is 26.2 Å². The molecule has 0 aliphatic heterocycles. The van der Waals surface area contributed by atoms with Crippen LogP contribution in [0.15, 0.2) is 0 Å². The van der Waals surface area contributed by atoms with E-state index in [-0.39, 0.29) is 0 Å². The lowest BCUT2D eigenvalue weighted by atomic mass is 9.97. The summed E-state index contributed by atoms with van der Waals surface area (Å²) in [6.45, 7) is 4.35. The van der Waals surface area contributed by atoms with Crippen LogP contribution >= 0.6 is 0 Å². The van der Waals surface area contributed by atoms with Crippen LogP contribution in [0, 0.1) is 5.92 Å². The van der Waals surface area contributed by atoms with Gasteiger partial charge in [-0.3, -0.25) is 0 Å². The summed E-state index contributed by atoms with van der Waals surface area (Å²) in [4.78, 5) is 0. The molecule has 0 aromatic rings. The molecule has 1 atom stereocenters. The maximum absolute atomic E-state index is 5.59. The van der Waals surface area contributed by atoms with Gasteiger partial charge >= 0.3 is 0 Å². The van der Waals surface area contributed by atoms with Gasteiger partial charge in [0.2, 0.25) is 0 Å². The minimum absolute atomic E-state index is 0.833. The van der Waals surface area contributed by atoms with Crippen molar-refractivity contribution >= 4 is 0 Å². The van der Waals surface area contributed by atoms with Gasteiger partial charge < -0.3 is 11.1 Å². The number of rotatable bonds is 8. The molecule has 0 radical (unpaired) electrons. The Kier molecular flexibility index (Phi) is 7.03. The molecule has 3 N–H and O–H groups in total. The average molecular weight is 212 g/mol. The summed E-state index contributed by atoms with van der Waals surface area (Å²) < 4.78 is 0. The van der Waals surface area contributed by atoms with Crippen molar-refractivity contribution in [3.63, 3.8) is 0 Å². The van der Waals surface area contributed by atoms with Crippen LogP contribution in [-0.4, -0.2) is 19.1 Å². The number of hydrogen-bond acceptors (Lipinski definition) is 2. The van der Waals surface area contributed by atoms with Crippen LogP contribution in [0.25, 0.3) is 0 Å². The molecule has 0 bridgehead atoms. The van der Waals surface area contributed by atoms with Gasteiger partial charge in [0.15, 0.2) is 0 Å². The predicted octanol–water partition coefficient (Wildman–Crippen LogP) is 2.67. The lowest BCUT2D eigenvalue weighted by Gasteiger charge is -2.15. The highest BCUT2D eigenvalue weighted by molar-refractivity contribution is 4.73. The first-order chi connectivity index (χ1) is 7.36. The molecule has 2 heteroatoms. The Balaban J connectivity index is 1.94. The van der Waals surface area contributed by atoms with Crippen LogP contribution in [0.1, 0.15) is 58.3 Å². The van der Waals surface area contributed by atoms with Crippen molar-refractivity contribution in [1.82, 2.24) is 5.32 Å². The molecule has 1 fully saturated rings. The van der Waals surface area contributed by atoms with Gasteiger partial charge in [0, 0.05) is 6.04 Å². The van der Waals surface area contributed by atoms with E-state index in [1.54, 1.807) is 0 Å². The predicted molar refractivity (Wildman–Crippen MR) is 66.9 cm³/mol. The lowest BCUT2D eigenvalue weighted by Crippen LogP contribution is -2.27. The minimum Gasteiger partial charge on any atom is -0.330 e. The van der Waals surface area contributed by atoms with Crippen LogP contribution in [0.5, 0.6) is 0 Å². The third-order valence-corrected chi connectivity index (χ3v) is 3.73. The first kappa shape index (κ1) is 13.0. The van der Waals surface area contributed by atoms with E-state index in [0.717, 1.165) is 18.5 Å². The van der Waals surface area contributed by atoms with E-state index in [4.69, 9.17) is 5.73 Å². The van der Waals surface area contributed by atoms with Gasteiger partial charge in [-0.15, -0.1) is 0 Å². The Morgan fingerprint density at radius 2 is 2.00 bits per heavy atom. The van der Waals surface area contributed by atoms with E-state index in [9.17, 15) is 0 Å². The van der Waals surface area contributed by atoms with E-state index < -0.39 is 0 Å². The van der Waals surface area contributed by atoms with Crippen molar-refractivity contribution in [2.24, 2.45) is 11.7 Å². The van der Waals surface area contributed by atoms with Crippen molar-refractivity contribution in [2.45, 2.75) is 64.3 Å². The standard InChI is InChI=1S/C13H28N2/c1-2-12(9-10-14)6-5-11-15-13-7-3-4-8-13/h12-13,15H,2-11,14H2,1H3. The summed E-state index contributed by atoms with van der Waals surface area (Å²) in [5.74, 6) is 0.861. The second-order valence-electron chi connectivity index (χ2n) is 4.93. The lowest BCUT2D eigenvalue weighted by molar-refractivity contribution is 0.411. The molecule has 1 aliphatic rings. The highest BCUT2D eigenvalue weighted by Crippen LogP contribution is 2.18. The van der Waals surface area contributed by atoms with E-state index in [2.05, 4.69) is 12.2 Å². The van der Waals surface area contributed by atoms with Crippen LogP contribution in [0.3, 0.4) is 0 Å². The zero-order valence-electron chi connectivity index (χ0n) is 10.3. The summed E-state index contributed by atoms with van der Waals surface area (Å²) >= 11 is 0. The fraction of sp³-hybridized carbons (Fsp3) is 1.00. The number of hydrogen-bond donors (Lipinski definition) is 2. The zero-order valence-corrected chi connectivity index (χ0v) is 10.3. The second-order valence-corrected chi connectivity index (χ2v) is 4.93. The molecule has 1 saturated carbocycles. The van der Waals surface area contributed by atoms with Crippen LogP contribution in [0.2, 0.25) is 0 Å². The fourth-order valence-corrected chi connectivity index (χ4v) is 2.62. The molecule has 1 unspecified atom stereocenters. The molecule has 0 amide bonds. The van der Waals surface area contributed by atoms with Crippen molar-refractivity contribution < 1.29 is 0 Å². The van der Waals surface area contributed by atoms with E-state index in [0.29, 0.717) is 0 Å². The van der Waals surface area contributed by atoms with E-state index in [1.807, 2.05) is 0 Å². The average Bonchev–Trinajstić information content (AvgIpc) is 2.75. The summed E-state index contributed by atoms with van der Waals surface area (Å²) in [6, 6.07) is 0.833. The zero-order chi connectivity index (χ0) is 10.9. The van der Waals surface area contributed by atoms with Crippen molar-refractivity contribution in [3.05, 3.63) is 0 Å². The van der Waals surface area contributed by atoms with E-state index >= 15 is 0 Å². The Morgan fingerprint density at radius 3 is 2.60 bits per heavy atom. The number of nitrogens with one attached hydrogen (secondary N) is 1. The molecule has 1 aliphatic carbocycles. The van der Waals surface area contributed by atoms with Crippen molar-refractivity contribution in [2.75, 3.05) is 13.1 Å². The highest BCUT2D eigenvalue weighted by Gasteiger charge is 2.13. The van der Waals surface area contributed by atoms with Gasteiger partial charge in [0.05, 0.1) is 0 Å². The SMILES string of the molecule is CCC(CCN)CCCNC1CCCC1. The van der Waals surface area contributed by atoms with Gasteiger partial charge in [-0.05, 0) is 51.1 Å². The maximum Gasteiger partial charge on any atom is 0.00670 e. The molecule has 0 saturated heterocycles. The van der Waals surface area contributed by atoms with Gasteiger partial charge in [0.1, 0.15) is 0 Å². The molecular weight excluding hydrogens is 184 g/mol. The normalized spacial score (nSPS) is 19.6. The van der Waals surface area contributed by atoms with Crippen LogP contribution in [-0.2, 0) is 0 Å². The topological polar surface area (TPSA) is 38.0 Å². The molecule has 15 heavy (non-hydrogen) atoms. The molecule has 2 nitrogen and oxygen atoms in total. The smallest absolute Gasteiger partial charge is 0.00670 e. The molecule has 0 spiro atoms. The van der Waals surface area contributed by atoms with Crippen molar-refractivity contribution in [3.8, 4) is 0 Å². The Morgan fingerprint density at radius 1 is 1.27 bits per heavy atom. The summed E-state index contributed by atoms with van der Waals surface area (Å²) in [7, 11) is 0. The third-order valence-electron chi connectivity index (χ3n) is 3.73. The Hall–Kier alpha value is -0.0800. The molecule has 90 valence electrons. The third kappa shape index (κ3) is 5.53. The second kappa shape index (κ2) is 8.12. The Bertz CT molecular complexity index is 141. The molecule has 0 aromatic heterocycles. The van der Waals surface area contributed by atoms with Gasteiger partial charge in [-0.25, -0.2) is 0 Å². The minimum atomic E-state index is 0.833. The fourth-order valence-electron chi connectivity index (χ4n) is 2.62. The monoisotopic (exact) mass is 212 g/mol. The van der Waals surface area contributed by atoms with Gasteiger partial charge in [0.25, 0.3) is 0 Å². The maximum atomic E-state index is 5.59. The van der Waals surface area contributed by atoms with Crippen LogP contribution in [0.4, 0.5) is 0 Å². The summed E-state index contributed by atoms with van der Waals surface area (Å²) in [5.41, 5.74) is 5.59. The van der Waals surface area contributed by atoms with Gasteiger partial charge in [-0.2, -0.15) is 0 Å². The summed E-state index contributed by atoms with van der Waals surface area (Å²) in [5, 5.41) is 3.67. The molecule has 0 heterocycles. The number of nitrogens with two attached hydrogens (primary N) is 1.